The second-order valence-electron chi connectivity index (χ2n) is 7.55. The van der Waals surface area contributed by atoms with E-state index in [0.29, 0.717) is 6.54 Å². The largest absolute Gasteiger partial charge is 0.357 e. The molecule has 0 aromatic carbocycles. The summed E-state index contributed by atoms with van der Waals surface area (Å²) in [5, 5.41) is 7.89. The van der Waals surface area contributed by atoms with Crippen molar-refractivity contribution in [2.45, 2.75) is 46.6 Å². The number of hydrogen-bond acceptors (Lipinski definition) is 5. The van der Waals surface area contributed by atoms with Gasteiger partial charge in [0.25, 0.3) is 0 Å². The molecule has 3 rings (SSSR count). The summed E-state index contributed by atoms with van der Waals surface area (Å²) in [4.78, 5) is 17.2. The molecule has 0 unspecified atom stereocenters. The first-order valence-corrected chi connectivity index (χ1v) is 10.9. The van der Waals surface area contributed by atoms with Gasteiger partial charge in [-0.3, -0.25) is 4.99 Å². The molecule has 8 heteroatoms. The number of anilines is 1. The Morgan fingerprint density at radius 2 is 2.00 bits per heavy atom. The van der Waals surface area contributed by atoms with E-state index >= 15 is 0 Å². The zero-order chi connectivity index (χ0) is 19.9. The molecule has 6 nitrogen and oxygen atoms in total. The summed E-state index contributed by atoms with van der Waals surface area (Å²) in [6.45, 7) is 10.3. The van der Waals surface area contributed by atoms with Gasteiger partial charge < -0.3 is 15.5 Å². The lowest BCUT2D eigenvalue weighted by atomic mass is 9.99. The van der Waals surface area contributed by atoms with Crippen LogP contribution in [0.15, 0.2) is 23.3 Å². The quantitative estimate of drug-likeness (QED) is 0.338. The molecule has 1 saturated heterocycles. The van der Waals surface area contributed by atoms with Crippen LogP contribution in [0.1, 0.15) is 40.9 Å². The number of hydrogen-bond donors (Lipinski definition) is 2. The van der Waals surface area contributed by atoms with Crippen molar-refractivity contribution in [1.82, 2.24) is 20.6 Å². The first kappa shape index (κ1) is 23.9. The molecule has 1 aliphatic rings. The highest BCUT2D eigenvalue weighted by atomic mass is 127. The number of rotatable bonds is 6. The molecular weight excluding hydrogens is 495 g/mol. The molecule has 2 aromatic rings. The average Bonchev–Trinajstić information content (AvgIpc) is 3.03. The van der Waals surface area contributed by atoms with Crippen molar-refractivity contribution in [2.75, 3.05) is 31.6 Å². The van der Waals surface area contributed by atoms with Crippen molar-refractivity contribution in [2.24, 2.45) is 10.9 Å². The fourth-order valence-electron chi connectivity index (χ4n) is 3.29. The number of pyridine rings is 1. The van der Waals surface area contributed by atoms with Crippen molar-refractivity contribution in [3.05, 3.63) is 39.5 Å². The normalized spacial score (nSPS) is 15.2. The number of aryl methyl sites for hydroxylation is 2. The third-order valence-electron chi connectivity index (χ3n) is 5.30. The minimum atomic E-state index is 0. The van der Waals surface area contributed by atoms with Crippen LogP contribution in [0.5, 0.6) is 0 Å². The van der Waals surface area contributed by atoms with Gasteiger partial charge >= 0.3 is 0 Å². The molecule has 3 heterocycles. The van der Waals surface area contributed by atoms with Gasteiger partial charge in [-0.15, -0.1) is 35.3 Å². The maximum atomic E-state index is 4.66. The monoisotopic (exact) mass is 528 g/mol. The maximum Gasteiger partial charge on any atom is 0.191 e. The second-order valence-corrected chi connectivity index (χ2v) is 8.83. The standard InChI is InChI=1S/C21H32N6S.HI/c1-15-8-11-27(12-9-15)19-6-5-18(13-24-19)14-25-21(22-4)23-10-7-20-26-16(2)17(3)28-20;/h5-6,13,15H,7-12,14H2,1-4H3,(H2,22,23,25);1H. The number of nitrogens with one attached hydrogen (secondary N) is 2. The number of guanidine groups is 1. The van der Waals surface area contributed by atoms with Gasteiger partial charge in [0.15, 0.2) is 5.96 Å². The Hall–Kier alpha value is -1.42. The van der Waals surface area contributed by atoms with Gasteiger partial charge in [-0.05, 0) is 44.2 Å². The van der Waals surface area contributed by atoms with Crippen molar-refractivity contribution < 1.29 is 0 Å². The van der Waals surface area contributed by atoms with Crippen LogP contribution in [-0.2, 0) is 13.0 Å². The number of thiazole rings is 1. The Labute approximate surface area is 195 Å². The summed E-state index contributed by atoms with van der Waals surface area (Å²) in [5.74, 6) is 2.73. The lowest BCUT2D eigenvalue weighted by Crippen LogP contribution is -2.38. The van der Waals surface area contributed by atoms with Crippen molar-refractivity contribution in [1.29, 1.82) is 0 Å². The van der Waals surface area contributed by atoms with Gasteiger partial charge in [0.1, 0.15) is 5.82 Å². The Bertz CT molecular complexity index is 761. The molecule has 0 saturated carbocycles. The molecule has 29 heavy (non-hydrogen) atoms. The van der Waals surface area contributed by atoms with E-state index in [1.54, 1.807) is 18.4 Å². The van der Waals surface area contributed by atoms with Gasteiger partial charge in [0, 0.05) is 50.7 Å². The molecule has 0 atom stereocenters. The second kappa shape index (κ2) is 11.7. The van der Waals surface area contributed by atoms with E-state index in [0.717, 1.165) is 55.0 Å². The third-order valence-corrected chi connectivity index (χ3v) is 6.44. The Kier molecular flexibility index (Phi) is 9.61. The Balaban J connectivity index is 0.00000300. The Morgan fingerprint density at radius 1 is 1.24 bits per heavy atom. The highest BCUT2D eigenvalue weighted by Gasteiger charge is 2.16. The fraction of sp³-hybridized carbons (Fsp3) is 0.571. The van der Waals surface area contributed by atoms with Crippen molar-refractivity contribution >= 4 is 47.1 Å². The topological polar surface area (TPSA) is 65.4 Å². The molecule has 0 radical (unpaired) electrons. The van der Waals surface area contributed by atoms with Crippen LogP contribution < -0.4 is 15.5 Å². The van der Waals surface area contributed by atoms with Crippen LogP contribution in [0.3, 0.4) is 0 Å². The molecule has 1 aliphatic heterocycles. The first-order valence-electron chi connectivity index (χ1n) is 10.1. The SMILES string of the molecule is CN=C(NCCc1nc(C)c(C)s1)NCc1ccc(N2CCC(C)CC2)nc1.I. The highest BCUT2D eigenvalue weighted by molar-refractivity contribution is 14.0. The summed E-state index contributed by atoms with van der Waals surface area (Å²) >= 11 is 1.77. The van der Waals surface area contributed by atoms with Crippen molar-refractivity contribution in [3.8, 4) is 0 Å². The van der Waals surface area contributed by atoms with E-state index in [1.807, 2.05) is 6.20 Å². The van der Waals surface area contributed by atoms with Crippen LogP contribution in [0, 0.1) is 19.8 Å². The smallest absolute Gasteiger partial charge is 0.191 e. The number of aliphatic imine (C=N–C) groups is 1. The molecule has 0 bridgehead atoms. The minimum absolute atomic E-state index is 0. The third kappa shape index (κ3) is 7.09. The van der Waals surface area contributed by atoms with E-state index in [2.05, 4.69) is 63.4 Å². The van der Waals surface area contributed by atoms with Crippen LogP contribution in [0.25, 0.3) is 0 Å². The average molecular weight is 529 g/mol. The summed E-state index contributed by atoms with van der Waals surface area (Å²) in [6, 6.07) is 4.29. The lowest BCUT2D eigenvalue weighted by Gasteiger charge is -2.31. The molecule has 0 spiro atoms. The molecule has 1 fully saturated rings. The van der Waals surface area contributed by atoms with Gasteiger partial charge in [0.2, 0.25) is 0 Å². The molecule has 2 aromatic heterocycles. The highest BCUT2D eigenvalue weighted by Crippen LogP contribution is 2.21. The van der Waals surface area contributed by atoms with Gasteiger partial charge in [-0.2, -0.15) is 0 Å². The lowest BCUT2D eigenvalue weighted by molar-refractivity contribution is 0.436. The summed E-state index contributed by atoms with van der Waals surface area (Å²) in [7, 11) is 1.80. The van der Waals surface area contributed by atoms with Crippen LogP contribution >= 0.6 is 35.3 Å². The molecule has 160 valence electrons. The fourth-order valence-corrected chi connectivity index (χ4v) is 4.22. The van der Waals surface area contributed by atoms with Crippen LogP contribution in [-0.4, -0.2) is 42.6 Å². The number of halogens is 1. The maximum absolute atomic E-state index is 4.66. The van der Waals surface area contributed by atoms with E-state index in [-0.39, 0.29) is 24.0 Å². The van der Waals surface area contributed by atoms with Gasteiger partial charge in [0.05, 0.1) is 10.7 Å². The van der Waals surface area contributed by atoms with E-state index in [1.165, 1.54) is 22.7 Å². The van der Waals surface area contributed by atoms with Crippen LogP contribution in [0.4, 0.5) is 5.82 Å². The molecule has 0 amide bonds. The predicted molar refractivity (Wildman–Crippen MR) is 134 cm³/mol. The number of nitrogens with zero attached hydrogens (tertiary/aromatic N) is 4. The Morgan fingerprint density at radius 3 is 2.59 bits per heavy atom. The first-order chi connectivity index (χ1) is 13.5. The van der Waals surface area contributed by atoms with Crippen molar-refractivity contribution in [3.63, 3.8) is 0 Å². The van der Waals surface area contributed by atoms with Crippen LogP contribution in [0.2, 0.25) is 0 Å². The number of piperidine rings is 1. The zero-order valence-corrected chi connectivity index (χ0v) is 21.0. The summed E-state index contributed by atoms with van der Waals surface area (Å²) in [5.41, 5.74) is 2.29. The molecular formula is C21H33IN6S. The summed E-state index contributed by atoms with van der Waals surface area (Å²) < 4.78 is 0. The van der Waals surface area contributed by atoms with E-state index < -0.39 is 0 Å². The predicted octanol–water partition coefficient (Wildman–Crippen LogP) is 3.92. The zero-order valence-electron chi connectivity index (χ0n) is 17.9. The molecule has 2 N–H and O–H groups in total. The van der Waals surface area contributed by atoms with E-state index in [4.69, 9.17) is 0 Å². The van der Waals surface area contributed by atoms with E-state index in [9.17, 15) is 0 Å². The summed E-state index contributed by atoms with van der Waals surface area (Å²) in [6.07, 6.45) is 5.39. The van der Waals surface area contributed by atoms with Gasteiger partial charge in [-0.25, -0.2) is 9.97 Å². The minimum Gasteiger partial charge on any atom is -0.357 e. The molecule has 0 aliphatic carbocycles. The number of aromatic nitrogens is 2. The van der Waals surface area contributed by atoms with Gasteiger partial charge in [-0.1, -0.05) is 13.0 Å².